The number of carboxylic acid groups (broad SMARTS) is 1. The Morgan fingerprint density at radius 3 is 2.47 bits per heavy atom. The summed E-state index contributed by atoms with van der Waals surface area (Å²) in [5.74, 6) is 0.756. The molecule has 2 fully saturated rings. The molecule has 3 nitrogen and oxygen atoms in total. The first-order valence-corrected chi connectivity index (χ1v) is 7.04. The number of rotatable bonds is 4. The fourth-order valence-electron chi connectivity index (χ4n) is 3.07. The highest BCUT2D eigenvalue weighted by Gasteiger charge is 2.43. The summed E-state index contributed by atoms with van der Waals surface area (Å²) in [6.07, 6.45) is 7.23. The van der Waals surface area contributed by atoms with Crippen molar-refractivity contribution in [3.05, 3.63) is 0 Å². The Hall–Kier alpha value is -0.570. The van der Waals surface area contributed by atoms with E-state index in [1.165, 1.54) is 6.42 Å². The summed E-state index contributed by atoms with van der Waals surface area (Å²) in [6.45, 7) is 4.51. The summed E-state index contributed by atoms with van der Waals surface area (Å²) in [7, 11) is 0. The van der Waals surface area contributed by atoms with Crippen LogP contribution in [0.25, 0.3) is 0 Å². The van der Waals surface area contributed by atoms with Crippen LogP contribution in [0, 0.1) is 11.8 Å². The highest BCUT2D eigenvalue weighted by Crippen LogP contribution is 2.36. The number of hydrogen-bond donors (Lipinski definition) is 2. The van der Waals surface area contributed by atoms with Gasteiger partial charge in [0.2, 0.25) is 0 Å². The van der Waals surface area contributed by atoms with E-state index in [1.807, 2.05) is 0 Å². The summed E-state index contributed by atoms with van der Waals surface area (Å²) < 4.78 is 0. The van der Waals surface area contributed by atoms with Crippen LogP contribution in [-0.2, 0) is 4.79 Å². The van der Waals surface area contributed by atoms with Crippen LogP contribution in [0.2, 0.25) is 0 Å². The molecule has 2 atom stereocenters. The maximum Gasteiger partial charge on any atom is 0.323 e. The standard InChI is InChI=1S/C14H25NO2/c1-10(2)11-4-3-8-14(9-7-11,13(16)17)15-12-5-6-12/h10-12,15H,3-9H2,1-2H3,(H,16,17). The van der Waals surface area contributed by atoms with Crippen LogP contribution in [0.3, 0.4) is 0 Å². The van der Waals surface area contributed by atoms with Gasteiger partial charge in [-0.15, -0.1) is 0 Å². The molecule has 2 unspecified atom stereocenters. The number of nitrogens with one attached hydrogen (secondary N) is 1. The zero-order valence-electron chi connectivity index (χ0n) is 11.0. The minimum absolute atomic E-state index is 0.474. The van der Waals surface area contributed by atoms with Crippen LogP contribution in [0.5, 0.6) is 0 Å². The summed E-state index contributed by atoms with van der Waals surface area (Å²) >= 11 is 0. The monoisotopic (exact) mass is 239 g/mol. The van der Waals surface area contributed by atoms with Crippen molar-refractivity contribution in [1.29, 1.82) is 0 Å². The molecular formula is C14H25NO2. The predicted octanol–water partition coefficient (Wildman–Crippen LogP) is 2.80. The molecule has 0 bridgehead atoms. The van der Waals surface area contributed by atoms with Gasteiger partial charge in [-0.1, -0.05) is 26.7 Å². The Kier molecular flexibility index (Phi) is 3.76. The lowest BCUT2D eigenvalue weighted by atomic mass is 9.86. The second-order valence-corrected chi connectivity index (χ2v) is 6.24. The van der Waals surface area contributed by atoms with Crippen LogP contribution < -0.4 is 5.32 Å². The van der Waals surface area contributed by atoms with Gasteiger partial charge in [-0.25, -0.2) is 0 Å². The number of carboxylic acids is 1. The molecule has 2 aliphatic carbocycles. The van der Waals surface area contributed by atoms with Crippen molar-refractivity contribution in [1.82, 2.24) is 5.32 Å². The van der Waals surface area contributed by atoms with Crippen LogP contribution >= 0.6 is 0 Å². The zero-order chi connectivity index (χ0) is 12.5. The predicted molar refractivity (Wildman–Crippen MR) is 67.9 cm³/mol. The lowest BCUT2D eigenvalue weighted by molar-refractivity contribution is -0.145. The molecule has 0 aromatic carbocycles. The van der Waals surface area contributed by atoms with E-state index in [9.17, 15) is 9.90 Å². The van der Waals surface area contributed by atoms with Gasteiger partial charge in [0.15, 0.2) is 0 Å². The Morgan fingerprint density at radius 2 is 1.94 bits per heavy atom. The van der Waals surface area contributed by atoms with Crippen molar-refractivity contribution in [2.24, 2.45) is 11.8 Å². The molecule has 2 aliphatic rings. The van der Waals surface area contributed by atoms with E-state index in [0.717, 1.165) is 38.5 Å². The topological polar surface area (TPSA) is 49.3 Å². The van der Waals surface area contributed by atoms with Crippen molar-refractivity contribution in [2.75, 3.05) is 0 Å². The highest BCUT2D eigenvalue weighted by atomic mass is 16.4. The van der Waals surface area contributed by atoms with Gasteiger partial charge in [-0.3, -0.25) is 10.1 Å². The van der Waals surface area contributed by atoms with Gasteiger partial charge >= 0.3 is 5.97 Å². The minimum Gasteiger partial charge on any atom is -0.480 e. The van der Waals surface area contributed by atoms with Gasteiger partial charge in [-0.05, 0) is 43.9 Å². The molecule has 0 amide bonds. The molecule has 0 radical (unpaired) electrons. The number of hydrogen-bond acceptors (Lipinski definition) is 2. The summed E-state index contributed by atoms with van der Waals surface area (Å²) in [6, 6.07) is 0.474. The van der Waals surface area contributed by atoms with Crippen molar-refractivity contribution in [3.8, 4) is 0 Å². The smallest absolute Gasteiger partial charge is 0.323 e. The largest absolute Gasteiger partial charge is 0.480 e. The fraction of sp³-hybridized carbons (Fsp3) is 0.929. The molecule has 0 aromatic rings. The van der Waals surface area contributed by atoms with E-state index in [-0.39, 0.29) is 0 Å². The molecule has 2 N–H and O–H groups in total. The Bertz CT molecular complexity index is 286. The third-order valence-electron chi connectivity index (χ3n) is 4.53. The Morgan fingerprint density at radius 1 is 1.24 bits per heavy atom. The van der Waals surface area contributed by atoms with E-state index in [4.69, 9.17) is 0 Å². The molecule has 0 saturated heterocycles. The minimum atomic E-state index is -0.631. The van der Waals surface area contributed by atoms with E-state index in [2.05, 4.69) is 19.2 Å². The van der Waals surface area contributed by atoms with Crippen molar-refractivity contribution >= 4 is 5.97 Å². The maximum atomic E-state index is 11.6. The van der Waals surface area contributed by atoms with Crippen molar-refractivity contribution in [2.45, 2.75) is 70.4 Å². The summed E-state index contributed by atoms with van der Waals surface area (Å²) in [5.41, 5.74) is -0.620. The van der Waals surface area contributed by atoms with Gasteiger partial charge in [0.05, 0.1) is 0 Å². The van der Waals surface area contributed by atoms with Gasteiger partial charge in [0.25, 0.3) is 0 Å². The normalized spacial score (nSPS) is 34.6. The van der Waals surface area contributed by atoms with Gasteiger partial charge in [0, 0.05) is 6.04 Å². The molecule has 2 saturated carbocycles. The summed E-state index contributed by atoms with van der Waals surface area (Å²) in [5, 5.41) is 13.0. The third kappa shape index (κ3) is 3.01. The number of carbonyl (C=O) groups is 1. The fourth-order valence-corrected chi connectivity index (χ4v) is 3.07. The third-order valence-corrected chi connectivity index (χ3v) is 4.53. The van der Waals surface area contributed by atoms with Gasteiger partial charge in [0.1, 0.15) is 5.54 Å². The van der Waals surface area contributed by atoms with E-state index in [1.54, 1.807) is 0 Å². The molecule has 2 rings (SSSR count). The zero-order valence-corrected chi connectivity index (χ0v) is 11.0. The van der Waals surface area contributed by atoms with Crippen molar-refractivity contribution in [3.63, 3.8) is 0 Å². The Balaban J connectivity index is 2.03. The molecular weight excluding hydrogens is 214 g/mol. The van der Waals surface area contributed by atoms with Gasteiger partial charge in [-0.2, -0.15) is 0 Å². The maximum absolute atomic E-state index is 11.6. The van der Waals surface area contributed by atoms with Gasteiger partial charge < -0.3 is 5.11 Å². The lowest BCUT2D eigenvalue weighted by Gasteiger charge is -2.30. The molecule has 0 heterocycles. The molecule has 98 valence electrons. The van der Waals surface area contributed by atoms with E-state index in [0.29, 0.717) is 17.9 Å². The van der Waals surface area contributed by atoms with E-state index >= 15 is 0 Å². The first-order valence-electron chi connectivity index (χ1n) is 7.04. The number of aliphatic carboxylic acids is 1. The second kappa shape index (κ2) is 4.97. The lowest BCUT2D eigenvalue weighted by Crippen LogP contribution is -2.52. The molecule has 0 spiro atoms. The first kappa shape index (κ1) is 12.9. The molecule has 0 aliphatic heterocycles. The highest BCUT2D eigenvalue weighted by molar-refractivity contribution is 5.79. The second-order valence-electron chi connectivity index (χ2n) is 6.24. The first-order chi connectivity index (χ1) is 8.03. The molecule has 0 aromatic heterocycles. The van der Waals surface area contributed by atoms with Crippen LogP contribution in [0.4, 0.5) is 0 Å². The Labute approximate surface area is 104 Å². The average Bonchev–Trinajstić information content (AvgIpc) is 3.05. The van der Waals surface area contributed by atoms with Crippen molar-refractivity contribution < 1.29 is 9.90 Å². The summed E-state index contributed by atoms with van der Waals surface area (Å²) in [4.78, 5) is 11.6. The quantitative estimate of drug-likeness (QED) is 0.742. The van der Waals surface area contributed by atoms with Crippen LogP contribution in [-0.4, -0.2) is 22.7 Å². The molecule has 3 heteroatoms. The SMILES string of the molecule is CC(C)C1CCCC(NC2CC2)(C(=O)O)CC1. The average molecular weight is 239 g/mol. The van der Waals surface area contributed by atoms with Crippen LogP contribution in [0.15, 0.2) is 0 Å². The van der Waals surface area contributed by atoms with E-state index < -0.39 is 11.5 Å². The van der Waals surface area contributed by atoms with Crippen LogP contribution in [0.1, 0.15) is 58.8 Å². The molecule has 17 heavy (non-hydrogen) atoms.